The van der Waals surface area contributed by atoms with Crippen molar-refractivity contribution in [1.82, 2.24) is 15.4 Å². The van der Waals surface area contributed by atoms with Gasteiger partial charge in [0.05, 0.1) is 24.8 Å². The fraction of sp³-hybridized carbons (Fsp3) is 0.500. The topological polar surface area (TPSA) is 84.7 Å². The number of rotatable bonds is 5. The third-order valence-corrected chi connectivity index (χ3v) is 6.24. The van der Waals surface area contributed by atoms with E-state index >= 15 is 0 Å². The van der Waals surface area contributed by atoms with Gasteiger partial charge in [-0.3, -0.25) is 9.59 Å². The third kappa shape index (κ3) is 5.40. The molecular weight excluding hydrogens is 522 g/mol. The lowest BCUT2D eigenvalue weighted by Gasteiger charge is -2.36. The number of amides is 2. The number of hydrogen-bond acceptors (Lipinski definition) is 5. The van der Waals surface area contributed by atoms with E-state index in [1.165, 1.54) is 0 Å². The van der Waals surface area contributed by atoms with Crippen LogP contribution in [0.25, 0.3) is 0 Å². The molecule has 7 nitrogen and oxygen atoms in total. The van der Waals surface area contributed by atoms with Crippen LogP contribution in [0, 0.1) is 23.5 Å². The third-order valence-electron chi connectivity index (χ3n) is 6.24. The number of alkyl halides is 6. The first-order chi connectivity index (χ1) is 17.2. The van der Waals surface area contributed by atoms with Gasteiger partial charge >= 0.3 is 12.4 Å². The average molecular weight is 541 g/mol. The first kappa shape index (κ1) is 26.8. The number of benzene rings is 1. The van der Waals surface area contributed by atoms with E-state index in [2.05, 4.69) is 15.0 Å². The van der Waals surface area contributed by atoms with Crippen molar-refractivity contribution in [3.63, 3.8) is 0 Å². The van der Waals surface area contributed by atoms with E-state index in [4.69, 9.17) is 4.74 Å². The maximum absolute atomic E-state index is 14.7. The van der Waals surface area contributed by atoms with E-state index in [0.29, 0.717) is 12.1 Å². The number of hydrogen-bond donors (Lipinski definition) is 1. The van der Waals surface area contributed by atoms with Crippen LogP contribution in [-0.4, -0.2) is 47.7 Å². The summed E-state index contributed by atoms with van der Waals surface area (Å²) in [5, 5.41) is 5.60. The molecule has 2 aromatic rings. The Morgan fingerprint density at radius 3 is 2.27 bits per heavy atom. The van der Waals surface area contributed by atoms with E-state index in [9.17, 15) is 44.7 Å². The molecule has 3 atom stereocenters. The average Bonchev–Trinajstić information content (AvgIpc) is 3.39. The minimum Gasteiger partial charge on any atom is -0.381 e. The molecule has 0 unspecified atom stereocenters. The highest BCUT2D eigenvalue weighted by Crippen LogP contribution is 2.37. The van der Waals surface area contributed by atoms with Crippen molar-refractivity contribution in [2.45, 2.75) is 37.8 Å². The first-order valence-corrected chi connectivity index (χ1v) is 11.0. The van der Waals surface area contributed by atoms with Gasteiger partial charge in [-0.25, -0.2) is 8.78 Å². The molecule has 3 heterocycles. The molecule has 0 bridgehead atoms. The molecule has 37 heavy (non-hydrogen) atoms. The van der Waals surface area contributed by atoms with Crippen molar-refractivity contribution in [3.05, 3.63) is 52.4 Å². The van der Waals surface area contributed by atoms with Crippen LogP contribution >= 0.6 is 0 Å². The molecule has 15 heteroatoms. The van der Waals surface area contributed by atoms with Crippen molar-refractivity contribution in [2.75, 3.05) is 19.8 Å². The highest BCUT2D eigenvalue weighted by molar-refractivity contribution is 5.96. The molecule has 202 valence electrons. The molecule has 0 spiro atoms. The summed E-state index contributed by atoms with van der Waals surface area (Å²) in [6, 6.07) is -1.76. The number of carbonyl (C=O) groups is 2. The van der Waals surface area contributed by atoms with E-state index in [1.807, 2.05) is 0 Å². The summed E-state index contributed by atoms with van der Waals surface area (Å²) in [5.74, 6) is -7.38. The molecule has 1 aromatic carbocycles. The van der Waals surface area contributed by atoms with Gasteiger partial charge in [0.25, 0.3) is 5.91 Å². The zero-order valence-electron chi connectivity index (χ0n) is 18.9. The number of nitrogens with zero attached hydrogens (tertiary/aromatic N) is 2. The molecule has 4 rings (SSSR count). The summed E-state index contributed by atoms with van der Waals surface area (Å²) in [4.78, 5) is 27.0. The van der Waals surface area contributed by atoms with Crippen LogP contribution < -0.4 is 5.32 Å². The second-order valence-corrected chi connectivity index (χ2v) is 9.02. The van der Waals surface area contributed by atoms with Crippen molar-refractivity contribution >= 4 is 11.8 Å². The van der Waals surface area contributed by atoms with Crippen LogP contribution in [0.5, 0.6) is 0 Å². The van der Waals surface area contributed by atoms with Crippen LogP contribution in [0.3, 0.4) is 0 Å². The number of aromatic nitrogens is 1. The van der Waals surface area contributed by atoms with Crippen LogP contribution in [0.2, 0.25) is 0 Å². The second kappa shape index (κ2) is 9.58. The van der Waals surface area contributed by atoms with Crippen LogP contribution in [0.4, 0.5) is 35.1 Å². The van der Waals surface area contributed by atoms with Gasteiger partial charge in [0, 0.05) is 24.1 Å². The number of halogens is 8. The Balaban J connectivity index is 1.59. The lowest BCUT2D eigenvalue weighted by molar-refractivity contribution is -0.155. The molecule has 2 saturated heterocycles. The number of nitrogens with one attached hydrogen (secondary N) is 1. The van der Waals surface area contributed by atoms with Crippen LogP contribution in [-0.2, 0) is 21.9 Å². The van der Waals surface area contributed by atoms with Gasteiger partial charge in [0.15, 0.2) is 5.69 Å². The summed E-state index contributed by atoms with van der Waals surface area (Å²) >= 11 is 0. The van der Waals surface area contributed by atoms with Crippen molar-refractivity contribution in [3.8, 4) is 0 Å². The Labute approximate surface area is 203 Å². The largest absolute Gasteiger partial charge is 0.452 e. The Bertz CT molecular complexity index is 1190. The van der Waals surface area contributed by atoms with Gasteiger partial charge in [-0.2, -0.15) is 26.3 Å². The Hall–Kier alpha value is -3.23. The van der Waals surface area contributed by atoms with Crippen LogP contribution in [0.1, 0.15) is 46.8 Å². The van der Waals surface area contributed by atoms with Crippen molar-refractivity contribution in [2.24, 2.45) is 11.8 Å². The summed E-state index contributed by atoms with van der Waals surface area (Å²) < 4.78 is 116. The standard InChI is InChI=1S/C22H19F8N3O4/c1-9-2-16(33(6-9)20(35)15-5-17(37-32-15)22(28,29)30)19(34)31-18(10-7-36-8-10)11-3-14(24)12(4-13(11)23)21(25,26)27/h3-5,9-10,16,18H,2,6-8H2,1H3,(H,31,34)/t9-,16-,18-/m1/s1. The lowest BCUT2D eigenvalue weighted by atomic mass is 9.89. The molecule has 0 aliphatic carbocycles. The molecular formula is C22H19F8N3O4. The fourth-order valence-corrected chi connectivity index (χ4v) is 4.34. The fourth-order valence-electron chi connectivity index (χ4n) is 4.34. The number of ether oxygens (including phenoxy) is 1. The SMILES string of the molecule is C[C@@H]1C[C@H](C(=O)N[C@@H](c2cc(F)c(C(F)(F)F)cc2F)C2COC2)N(C(=O)c2cc(C(F)(F)F)on2)C1. The highest BCUT2D eigenvalue weighted by Gasteiger charge is 2.44. The molecule has 2 aliphatic rings. The highest BCUT2D eigenvalue weighted by atomic mass is 19.4. The molecule has 0 radical (unpaired) electrons. The number of carbonyl (C=O) groups excluding carboxylic acids is 2. The molecule has 1 N–H and O–H groups in total. The predicted octanol–water partition coefficient (Wildman–Crippen LogP) is 4.34. The molecule has 2 aliphatic heterocycles. The van der Waals surface area contributed by atoms with Gasteiger partial charge in [-0.05, 0) is 24.5 Å². The summed E-state index contributed by atoms with van der Waals surface area (Å²) in [6.07, 6.45) is -9.95. The Morgan fingerprint density at radius 1 is 1.05 bits per heavy atom. The summed E-state index contributed by atoms with van der Waals surface area (Å²) in [6.45, 7) is 1.65. The lowest BCUT2D eigenvalue weighted by Crippen LogP contribution is -2.50. The minimum atomic E-state index is -5.14. The van der Waals surface area contributed by atoms with E-state index in [-0.39, 0.29) is 38.2 Å². The maximum atomic E-state index is 14.7. The van der Waals surface area contributed by atoms with E-state index in [1.54, 1.807) is 6.92 Å². The monoisotopic (exact) mass is 541 g/mol. The minimum absolute atomic E-state index is 0.000371. The van der Waals surface area contributed by atoms with Gasteiger partial charge < -0.3 is 19.5 Å². The zero-order chi connectivity index (χ0) is 27.3. The molecule has 1 aromatic heterocycles. The number of likely N-dealkylation sites (tertiary alicyclic amines) is 1. The summed E-state index contributed by atoms with van der Waals surface area (Å²) in [5.41, 5.74) is -3.03. The first-order valence-electron chi connectivity index (χ1n) is 11.0. The zero-order valence-corrected chi connectivity index (χ0v) is 18.9. The second-order valence-electron chi connectivity index (χ2n) is 9.02. The van der Waals surface area contributed by atoms with Crippen LogP contribution in [0.15, 0.2) is 22.7 Å². The molecule has 2 fully saturated rings. The molecule has 2 amide bonds. The van der Waals surface area contributed by atoms with Gasteiger partial charge in [-0.1, -0.05) is 12.1 Å². The van der Waals surface area contributed by atoms with Crippen molar-refractivity contribution < 1.29 is 54.0 Å². The quantitative estimate of drug-likeness (QED) is 0.570. The van der Waals surface area contributed by atoms with Gasteiger partial charge in [-0.15, -0.1) is 0 Å². The van der Waals surface area contributed by atoms with E-state index < -0.39 is 76.4 Å². The van der Waals surface area contributed by atoms with Gasteiger partial charge in [0.1, 0.15) is 17.7 Å². The normalized spacial score (nSPS) is 21.6. The summed E-state index contributed by atoms with van der Waals surface area (Å²) in [7, 11) is 0. The Kier molecular flexibility index (Phi) is 6.94. The maximum Gasteiger partial charge on any atom is 0.452 e. The van der Waals surface area contributed by atoms with Gasteiger partial charge in [0.2, 0.25) is 11.7 Å². The Morgan fingerprint density at radius 2 is 1.73 bits per heavy atom. The van der Waals surface area contributed by atoms with Crippen molar-refractivity contribution in [1.29, 1.82) is 0 Å². The van der Waals surface area contributed by atoms with E-state index in [0.717, 1.165) is 4.90 Å². The smallest absolute Gasteiger partial charge is 0.381 e. The molecule has 0 saturated carbocycles. The predicted molar refractivity (Wildman–Crippen MR) is 107 cm³/mol.